The maximum Gasteiger partial charge on any atom is 0.229 e. The minimum atomic E-state index is 0.538. The molecular weight excluding hydrogens is 310 g/mol. The van der Waals surface area contributed by atoms with E-state index in [9.17, 15) is 0 Å². The molecule has 0 atom stereocenters. The Morgan fingerprint density at radius 2 is 1.60 bits per heavy atom. The summed E-state index contributed by atoms with van der Waals surface area (Å²) in [6, 6.07) is 17.4. The smallest absolute Gasteiger partial charge is 0.229 e. The van der Waals surface area contributed by atoms with Crippen LogP contribution < -0.4 is 10.6 Å². The normalized spacial score (nSPS) is 10.2. The second-order valence-electron chi connectivity index (χ2n) is 5.93. The summed E-state index contributed by atoms with van der Waals surface area (Å²) in [6.45, 7) is 6.03. The van der Waals surface area contributed by atoms with Gasteiger partial charge in [0.25, 0.3) is 0 Å². The molecule has 0 fully saturated rings. The minimum Gasteiger partial charge on any atom is -0.340 e. The van der Waals surface area contributed by atoms with Crippen LogP contribution in [0.4, 0.5) is 23.1 Å². The molecule has 3 aromatic rings. The van der Waals surface area contributed by atoms with Crippen LogP contribution in [0, 0.1) is 32.1 Å². The largest absolute Gasteiger partial charge is 0.340 e. The first-order chi connectivity index (χ1) is 12.0. The van der Waals surface area contributed by atoms with E-state index >= 15 is 0 Å². The molecule has 0 spiro atoms. The van der Waals surface area contributed by atoms with Crippen LogP contribution in [-0.4, -0.2) is 9.97 Å². The summed E-state index contributed by atoms with van der Waals surface area (Å²) in [5, 5.41) is 15.6. The van der Waals surface area contributed by atoms with Gasteiger partial charge in [-0.1, -0.05) is 24.3 Å². The predicted molar refractivity (Wildman–Crippen MR) is 100 cm³/mol. The zero-order valence-electron chi connectivity index (χ0n) is 14.5. The summed E-state index contributed by atoms with van der Waals surface area (Å²) >= 11 is 0. The van der Waals surface area contributed by atoms with Crippen LogP contribution >= 0.6 is 0 Å². The molecule has 0 radical (unpaired) electrons. The lowest BCUT2D eigenvalue weighted by Gasteiger charge is -2.13. The first-order valence-electron chi connectivity index (χ1n) is 8.01. The summed E-state index contributed by atoms with van der Waals surface area (Å²) in [5.41, 5.74) is 5.57. The van der Waals surface area contributed by atoms with Crippen molar-refractivity contribution >= 4 is 23.1 Å². The zero-order valence-corrected chi connectivity index (χ0v) is 14.5. The van der Waals surface area contributed by atoms with Gasteiger partial charge < -0.3 is 10.6 Å². The third-order valence-electron chi connectivity index (χ3n) is 3.84. The molecule has 3 rings (SSSR count). The van der Waals surface area contributed by atoms with Gasteiger partial charge in [-0.3, -0.25) is 0 Å². The third-order valence-corrected chi connectivity index (χ3v) is 3.84. The molecule has 2 N–H and O–H groups in total. The van der Waals surface area contributed by atoms with Crippen molar-refractivity contribution in [1.29, 1.82) is 5.26 Å². The predicted octanol–water partition coefficient (Wildman–Crippen LogP) is 4.76. The van der Waals surface area contributed by atoms with E-state index in [4.69, 9.17) is 5.26 Å². The summed E-state index contributed by atoms with van der Waals surface area (Å²) in [4.78, 5) is 9.02. The van der Waals surface area contributed by atoms with Crippen molar-refractivity contribution < 1.29 is 0 Å². The Morgan fingerprint density at radius 3 is 2.32 bits per heavy atom. The average Bonchev–Trinajstić information content (AvgIpc) is 2.58. The van der Waals surface area contributed by atoms with Crippen molar-refractivity contribution in [1.82, 2.24) is 9.97 Å². The number of hydrogen-bond acceptors (Lipinski definition) is 5. The number of anilines is 4. The fraction of sp³-hybridized carbons (Fsp3) is 0.150. The molecule has 0 aliphatic carbocycles. The van der Waals surface area contributed by atoms with Gasteiger partial charge in [0.1, 0.15) is 5.82 Å². The maximum atomic E-state index is 9.02. The molecule has 0 bridgehead atoms. The molecular formula is C20H19N5. The van der Waals surface area contributed by atoms with Gasteiger partial charge in [0, 0.05) is 23.1 Å². The van der Waals surface area contributed by atoms with E-state index in [1.54, 1.807) is 12.1 Å². The van der Waals surface area contributed by atoms with Crippen molar-refractivity contribution in [2.24, 2.45) is 0 Å². The van der Waals surface area contributed by atoms with Crippen molar-refractivity contribution in [3.05, 3.63) is 70.9 Å². The monoisotopic (exact) mass is 329 g/mol. The first-order valence-corrected chi connectivity index (χ1v) is 8.01. The number of aryl methyl sites for hydroxylation is 3. The number of nitrogens with one attached hydrogen (secondary N) is 2. The van der Waals surface area contributed by atoms with Crippen molar-refractivity contribution in [3.63, 3.8) is 0 Å². The van der Waals surface area contributed by atoms with Crippen molar-refractivity contribution in [3.8, 4) is 6.07 Å². The van der Waals surface area contributed by atoms with Gasteiger partial charge in [-0.05, 0) is 50.1 Å². The topological polar surface area (TPSA) is 73.6 Å². The number of para-hydroxylation sites is 1. The molecule has 1 heterocycles. The van der Waals surface area contributed by atoms with E-state index in [1.807, 2.05) is 31.2 Å². The van der Waals surface area contributed by atoms with Crippen LogP contribution in [0.3, 0.4) is 0 Å². The average molecular weight is 329 g/mol. The van der Waals surface area contributed by atoms with Gasteiger partial charge in [0.05, 0.1) is 11.6 Å². The SMILES string of the molecule is Cc1cc(Nc2cccc(C#N)c2)nc(Nc2c(C)cccc2C)n1. The Labute approximate surface area is 147 Å². The van der Waals surface area contributed by atoms with Gasteiger partial charge >= 0.3 is 0 Å². The molecule has 0 saturated heterocycles. The number of benzene rings is 2. The highest BCUT2D eigenvalue weighted by Crippen LogP contribution is 2.24. The summed E-state index contributed by atoms with van der Waals surface area (Å²) in [6.07, 6.45) is 0. The van der Waals surface area contributed by atoms with Gasteiger partial charge in [0.15, 0.2) is 0 Å². The van der Waals surface area contributed by atoms with Gasteiger partial charge in [-0.25, -0.2) is 4.98 Å². The quantitative estimate of drug-likeness (QED) is 0.722. The fourth-order valence-corrected chi connectivity index (χ4v) is 2.63. The van der Waals surface area contributed by atoms with E-state index in [0.29, 0.717) is 17.3 Å². The number of nitriles is 1. The minimum absolute atomic E-state index is 0.538. The number of rotatable bonds is 4. The number of hydrogen-bond donors (Lipinski definition) is 2. The van der Waals surface area contributed by atoms with E-state index < -0.39 is 0 Å². The Kier molecular flexibility index (Phi) is 4.62. The van der Waals surface area contributed by atoms with E-state index in [0.717, 1.165) is 28.2 Å². The molecule has 0 saturated carbocycles. The molecule has 5 nitrogen and oxygen atoms in total. The summed E-state index contributed by atoms with van der Waals surface area (Å²) in [7, 11) is 0. The molecule has 0 aliphatic rings. The van der Waals surface area contributed by atoms with Crippen LogP contribution in [0.15, 0.2) is 48.5 Å². The van der Waals surface area contributed by atoms with Crippen molar-refractivity contribution in [2.45, 2.75) is 20.8 Å². The molecule has 1 aromatic heterocycles. The van der Waals surface area contributed by atoms with Crippen LogP contribution in [0.2, 0.25) is 0 Å². The van der Waals surface area contributed by atoms with Crippen molar-refractivity contribution in [2.75, 3.05) is 10.6 Å². The van der Waals surface area contributed by atoms with Crippen LogP contribution in [-0.2, 0) is 0 Å². The van der Waals surface area contributed by atoms with Crippen LogP contribution in [0.25, 0.3) is 0 Å². The highest BCUT2D eigenvalue weighted by molar-refractivity contribution is 5.65. The molecule has 0 unspecified atom stereocenters. The Balaban J connectivity index is 1.89. The Morgan fingerprint density at radius 1 is 0.880 bits per heavy atom. The second-order valence-corrected chi connectivity index (χ2v) is 5.93. The maximum absolute atomic E-state index is 9.02. The van der Waals surface area contributed by atoms with Gasteiger partial charge in [0.2, 0.25) is 5.95 Å². The third kappa shape index (κ3) is 3.93. The summed E-state index contributed by atoms with van der Waals surface area (Å²) in [5.74, 6) is 1.22. The number of aromatic nitrogens is 2. The lowest BCUT2D eigenvalue weighted by Crippen LogP contribution is -2.04. The van der Waals surface area contributed by atoms with Crippen LogP contribution in [0.1, 0.15) is 22.4 Å². The molecule has 25 heavy (non-hydrogen) atoms. The highest BCUT2D eigenvalue weighted by Gasteiger charge is 2.07. The zero-order chi connectivity index (χ0) is 17.8. The molecule has 5 heteroatoms. The van der Waals surface area contributed by atoms with Gasteiger partial charge in [-0.15, -0.1) is 0 Å². The summed E-state index contributed by atoms with van der Waals surface area (Å²) < 4.78 is 0. The van der Waals surface area contributed by atoms with E-state index in [2.05, 4.69) is 52.7 Å². The molecule has 0 aliphatic heterocycles. The second kappa shape index (κ2) is 7.02. The van der Waals surface area contributed by atoms with Crippen LogP contribution in [0.5, 0.6) is 0 Å². The standard InChI is InChI=1S/C20H19N5/c1-13-6-4-7-14(2)19(13)25-20-22-15(3)10-18(24-20)23-17-9-5-8-16(11-17)12-21/h4-11H,1-3H3,(H2,22,23,24,25). The molecule has 2 aromatic carbocycles. The highest BCUT2D eigenvalue weighted by atomic mass is 15.1. The van der Waals surface area contributed by atoms with E-state index in [-0.39, 0.29) is 0 Å². The number of nitrogens with zero attached hydrogens (tertiary/aromatic N) is 3. The Bertz CT molecular complexity index is 936. The van der Waals surface area contributed by atoms with E-state index in [1.165, 1.54) is 0 Å². The first kappa shape index (κ1) is 16.5. The Hall–Kier alpha value is -3.39. The molecule has 0 amide bonds. The lowest BCUT2D eigenvalue weighted by molar-refractivity contribution is 1.10. The fourth-order valence-electron chi connectivity index (χ4n) is 2.63. The molecule has 124 valence electrons. The lowest BCUT2D eigenvalue weighted by atomic mass is 10.1. The van der Waals surface area contributed by atoms with Gasteiger partial charge in [-0.2, -0.15) is 10.2 Å².